The molecule has 3 aliphatic heterocycles. The molecule has 0 radical (unpaired) electrons. The lowest BCUT2D eigenvalue weighted by molar-refractivity contribution is -0.384. The summed E-state index contributed by atoms with van der Waals surface area (Å²) in [6, 6.07) is 19.2. The number of nitrogens with zero attached hydrogens (tertiary/aromatic N) is 5. The second-order valence-corrected chi connectivity index (χ2v) is 16.6. The molecule has 2 fully saturated rings. The number of dihydropyridines is 1. The van der Waals surface area contributed by atoms with Crippen LogP contribution < -0.4 is 15.0 Å². The second kappa shape index (κ2) is 23.0. The van der Waals surface area contributed by atoms with Gasteiger partial charge in [0.15, 0.2) is 0 Å². The topological polar surface area (TPSA) is 186 Å². The maximum absolute atomic E-state index is 12.9. The lowest BCUT2D eigenvalue weighted by atomic mass is 9.80. The average molecular weight is 950 g/mol. The van der Waals surface area contributed by atoms with Gasteiger partial charge in [0.1, 0.15) is 25.1 Å². The van der Waals surface area contributed by atoms with Gasteiger partial charge in [0, 0.05) is 92.4 Å². The fraction of sp³-hybridized carbons (Fsp3) is 0.404. The summed E-state index contributed by atoms with van der Waals surface area (Å²) in [6.07, 6.45) is 5.61. The predicted octanol–water partition coefficient (Wildman–Crippen LogP) is 7.18. The third-order valence-electron chi connectivity index (χ3n) is 11.1. The van der Waals surface area contributed by atoms with Gasteiger partial charge in [0.05, 0.1) is 59.7 Å². The number of aromatic nitrogens is 2. The van der Waals surface area contributed by atoms with Crippen molar-refractivity contribution in [1.82, 2.24) is 19.8 Å². The van der Waals surface area contributed by atoms with Gasteiger partial charge in [-0.1, -0.05) is 48.3 Å². The third-order valence-corrected chi connectivity index (χ3v) is 11.6. The second-order valence-electron chi connectivity index (χ2n) is 15.7. The smallest absolute Gasteiger partial charge is 0.336 e. The number of amides is 1. The van der Waals surface area contributed by atoms with Crippen molar-refractivity contribution in [3.05, 3.63) is 139 Å². The van der Waals surface area contributed by atoms with Gasteiger partial charge in [-0.05, 0) is 62.2 Å². The molecule has 4 heterocycles. The molecule has 66 heavy (non-hydrogen) atoms. The van der Waals surface area contributed by atoms with Crippen molar-refractivity contribution < 1.29 is 47.7 Å². The molecule has 17 nitrogen and oxygen atoms in total. The number of ether oxygens (including phenoxy) is 6. The van der Waals surface area contributed by atoms with Crippen molar-refractivity contribution >= 4 is 52.4 Å². The number of imidazole rings is 1. The van der Waals surface area contributed by atoms with E-state index in [4.69, 9.17) is 51.6 Å². The lowest BCUT2D eigenvalue weighted by Gasteiger charge is -2.35. The van der Waals surface area contributed by atoms with Gasteiger partial charge < -0.3 is 48.1 Å². The highest BCUT2D eigenvalue weighted by atomic mass is 35.5. The number of halogens is 2. The number of rotatable bonds is 16. The number of nitro groups is 1. The van der Waals surface area contributed by atoms with Gasteiger partial charge >= 0.3 is 11.9 Å². The van der Waals surface area contributed by atoms with Crippen LogP contribution in [0.15, 0.2) is 108 Å². The standard InChI is InChI=1S/C26H28Cl2N4O4.C21H26N2O7/c1-19(33)31-10-12-32(13-11-31)21-3-5-22(6-4-21)34-15-23-16-35-26(36-23,17-30-9-8-29-18-30)24-7-2-20(27)14-25(24)28;1-5-9-29-20(24)17-13(2)22-14(3)18(21(25)30-11-10-28-4)19(17)15-7-6-8-16(12-15)23(26)27/h2-9,14,18,23H,10-13,15-17H2,1H3;6-8,12,19,22H,5,9-11H2,1-4H3/t23-,26-;/m0./s1. The molecule has 1 aromatic heterocycles. The Bertz CT molecular complexity index is 2400. The SMILES string of the molecule is CC(=O)N1CCN(c2ccc(OC[C@H]3CO[C@](Cn4ccnc4)(c4ccc(Cl)cc4Cl)O3)cc2)CC1.CCCOC(=O)C1=C(C)NC(C)=C(C(=O)OCCOC)C1c1cccc([N+](=O)[O-])c1. The van der Waals surface area contributed by atoms with Crippen LogP contribution in [0.3, 0.4) is 0 Å². The quantitative estimate of drug-likeness (QED) is 0.0515. The normalized spacial score (nSPS) is 19.4. The summed E-state index contributed by atoms with van der Waals surface area (Å²) in [7, 11) is 1.49. The van der Waals surface area contributed by atoms with Crippen LogP contribution in [-0.4, -0.2) is 110 Å². The van der Waals surface area contributed by atoms with E-state index in [-0.39, 0.29) is 48.7 Å². The summed E-state index contributed by atoms with van der Waals surface area (Å²) >= 11 is 12.7. The van der Waals surface area contributed by atoms with E-state index in [1.54, 1.807) is 51.5 Å². The number of allylic oxidation sites excluding steroid dienone is 2. The number of carbonyl (C=O) groups is 3. The van der Waals surface area contributed by atoms with E-state index < -0.39 is 28.6 Å². The molecule has 3 aromatic carbocycles. The van der Waals surface area contributed by atoms with Gasteiger partial charge in [0.25, 0.3) is 5.69 Å². The summed E-state index contributed by atoms with van der Waals surface area (Å²) in [6.45, 7) is 11.5. The van der Waals surface area contributed by atoms with Crippen LogP contribution in [0.25, 0.3) is 0 Å². The number of nitrogens with one attached hydrogen (secondary N) is 1. The number of esters is 2. The zero-order chi connectivity index (χ0) is 47.4. The highest BCUT2D eigenvalue weighted by molar-refractivity contribution is 6.35. The molecular formula is C47H54Cl2N6O11. The number of hydrogen-bond donors (Lipinski definition) is 1. The molecule has 7 rings (SSSR count). The Morgan fingerprint density at radius 3 is 2.24 bits per heavy atom. The minimum Gasteiger partial charge on any atom is -0.491 e. The van der Waals surface area contributed by atoms with Crippen molar-refractivity contribution in [2.24, 2.45) is 0 Å². The van der Waals surface area contributed by atoms with Crippen molar-refractivity contribution in [1.29, 1.82) is 0 Å². The number of nitro benzene ring substituents is 1. The zero-order valence-electron chi connectivity index (χ0n) is 37.5. The summed E-state index contributed by atoms with van der Waals surface area (Å²) in [5.74, 6) is -2.30. The first-order valence-electron chi connectivity index (χ1n) is 21.5. The number of non-ortho nitro benzene ring substituents is 1. The molecule has 0 saturated carbocycles. The highest BCUT2D eigenvalue weighted by Crippen LogP contribution is 2.42. The van der Waals surface area contributed by atoms with E-state index in [0.717, 1.165) is 37.6 Å². The maximum Gasteiger partial charge on any atom is 0.336 e. The summed E-state index contributed by atoms with van der Waals surface area (Å²) in [5.41, 5.74) is 3.52. The van der Waals surface area contributed by atoms with E-state index >= 15 is 0 Å². The largest absolute Gasteiger partial charge is 0.491 e. The Morgan fingerprint density at radius 2 is 1.64 bits per heavy atom. The van der Waals surface area contributed by atoms with Crippen LogP contribution in [-0.2, 0) is 50.4 Å². The monoisotopic (exact) mass is 948 g/mol. The molecule has 2 saturated heterocycles. The van der Waals surface area contributed by atoms with E-state index in [0.29, 0.717) is 58.7 Å². The number of hydrogen-bond acceptors (Lipinski definition) is 14. The number of piperazine rings is 1. The number of carbonyl (C=O) groups excluding carboxylic acids is 3. The average Bonchev–Trinajstić information content (AvgIpc) is 3.98. The molecule has 1 unspecified atom stereocenters. The Kier molecular flexibility index (Phi) is 17.2. The summed E-state index contributed by atoms with van der Waals surface area (Å²) in [4.78, 5) is 56.3. The third kappa shape index (κ3) is 12.3. The van der Waals surface area contributed by atoms with Gasteiger partial charge in [0.2, 0.25) is 11.7 Å². The molecule has 352 valence electrons. The van der Waals surface area contributed by atoms with Crippen LogP contribution in [0.1, 0.15) is 51.2 Å². The Morgan fingerprint density at radius 1 is 0.939 bits per heavy atom. The van der Waals surface area contributed by atoms with Gasteiger partial charge in [-0.15, -0.1) is 0 Å². The van der Waals surface area contributed by atoms with Crippen molar-refractivity contribution in [3.8, 4) is 5.75 Å². The van der Waals surface area contributed by atoms with Crippen LogP contribution >= 0.6 is 23.2 Å². The van der Waals surface area contributed by atoms with Gasteiger partial charge in [-0.2, -0.15) is 0 Å². The molecule has 0 bridgehead atoms. The molecular weight excluding hydrogens is 895 g/mol. The van der Waals surface area contributed by atoms with E-state index in [9.17, 15) is 24.5 Å². The number of methoxy groups -OCH3 is 1. The molecule has 0 aliphatic carbocycles. The zero-order valence-corrected chi connectivity index (χ0v) is 39.0. The molecule has 3 aliphatic rings. The van der Waals surface area contributed by atoms with E-state index in [2.05, 4.69) is 15.2 Å². The minimum absolute atomic E-state index is 0.0338. The molecule has 19 heteroatoms. The first-order valence-corrected chi connectivity index (χ1v) is 22.2. The first-order chi connectivity index (χ1) is 31.7. The Balaban J connectivity index is 0.000000223. The van der Waals surface area contributed by atoms with E-state index in [1.165, 1.54) is 25.3 Å². The van der Waals surface area contributed by atoms with Crippen molar-refractivity contribution in [2.75, 3.05) is 71.2 Å². The Hall–Kier alpha value is -5.98. The minimum atomic E-state index is -1.08. The number of anilines is 1. The Labute approximate surface area is 393 Å². The van der Waals surface area contributed by atoms with Crippen molar-refractivity contribution in [2.45, 2.75) is 58.5 Å². The molecule has 1 amide bonds. The molecule has 0 spiro atoms. The van der Waals surface area contributed by atoms with Gasteiger partial charge in [-0.25, -0.2) is 14.6 Å². The highest BCUT2D eigenvalue weighted by Gasteiger charge is 2.45. The molecule has 4 aromatic rings. The summed E-state index contributed by atoms with van der Waals surface area (Å²) < 4.78 is 36.1. The fourth-order valence-corrected chi connectivity index (χ4v) is 8.40. The van der Waals surface area contributed by atoms with Crippen LogP contribution in [0.2, 0.25) is 10.0 Å². The maximum atomic E-state index is 12.9. The number of benzene rings is 3. The summed E-state index contributed by atoms with van der Waals surface area (Å²) in [5, 5.41) is 15.3. The van der Waals surface area contributed by atoms with Crippen LogP contribution in [0.5, 0.6) is 5.75 Å². The predicted molar refractivity (Wildman–Crippen MR) is 246 cm³/mol. The van der Waals surface area contributed by atoms with Crippen LogP contribution in [0, 0.1) is 10.1 Å². The lowest BCUT2D eigenvalue weighted by Crippen LogP contribution is -2.48. The fourth-order valence-electron chi connectivity index (χ4n) is 7.85. The first kappa shape index (κ1) is 49.5. The molecule has 3 atom stereocenters. The molecule has 1 N–H and O–H groups in total. The van der Waals surface area contributed by atoms with Gasteiger partial charge in [-0.3, -0.25) is 14.9 Å². The van der Waals surface area contributed by atoms with Crippen LogP contribution in [0.4, 0.5) is 11.4 Å². The van der Waals surface area contributed by atoms with E-state index in [1.807, 2.05) is 52.9 Å². The van der Waals surface area contributed by atoms with Crippen molar-refractivity contribution in [3.63, 3.8) is 0 Å².